The Balaban J connectivity index is 2.23. The summed E-state index contributed by atoms with van der Waals surface area (Å²) in [6.45, 7) is 1.63. The summed E-state index contributed by atoms with van der Waals surface area (Å²) in [6.07, 6.45) is 6.22. The van der Waals surface area contributed by atoms with Crippen LogP contribution in [0.25, 0.3) is 11.5 Å². The fraction of sp³-hybridized carbons (Fsp3) is 0.100. The van der Waals surface area contributed by atoms with Gasteiger partial charge in [0, 0.05) is 18.6 Å². The van der Waals surface area contributed by atoms with Crippen LogP contribution < -0.4 is 0 Å². The molecule has 0 bridgehead atoms. The van der Waals surface area contributed by atoms with Gasteiger partial charge in [-0.05, 0) is 6.92 Å². The quantitative estimate of drug-likeness (QED) is 0.696. The van der Waals surface area contributed by atoms with Crippen LogP contribution in [-0.2, 0) is 0 Å². The van der Waals surface area contributed by atoms with E-state index in [1.165, 1.54) is 17.2 Å². The van der Waals surface area contributed by atoms with Gasteiger partial charge in [-0.1, -0.05) is 0 Å². The van der Waals surface area contributed by atoms with Crippen LogP contribution in [0.4, 0.5) is 0 Å². The summed E-state index contributed by atoms with van der Waals surface area (Å²) in [7, 11) is 0. The number of carbonyl (C=O) groups is 1. The number of rotatable bonds is 2. The van der Waals surface area contributed by atoms with Crippen LogP contribution in [0.5, 0.6) is 0 Å². The van der Waals surface area contributed by atoms with Gasteiger partial charge in [-0.25, -0.2) is 14.5 Å². The van der Waals surface area contributed by atoms with Crippen molar-refractivity contribution >= 4 is 11.6 Å². The zero-order chi connectivity index (χ0) is 12.7. The lowest BCUT2D eigenvalue weighted by atomic mass is 10.3. The number of carboxylic acid groups (broad SMARTS) is 1. The largest absolute Gasteiger partial charge is 0.478 e. The molecule has 3 aromatic rings. The Morgan fingerprint density at radius 2 is 2.28 bits per heavy atom. The maximum atomic E-state index is 11.0. The molecule has 0 aliphatic rings. The second-order valence-corrected chi connectivity index (χ2v) is 3.69. The van der Waals surface area contributed by atoms with Gasteiger partial charge in [0.1, 0.15) is 11.9 Å². The second-order valence-electron chi connectivity index (χ2n) is 3.69. The van der Waals surface area contributed by atoms with Gasteiger partial charge in [0.2, 0.25) is 5.65 Å². The van der Waals surface area contributed by atoms with Gasteiger partial charge < -0.3 is 5.11 Å². The van der Waals surface area contributed by atoms with Crippen molar-refractivity contribution in [1.82, 2.24) is 29.4 Å². The summed E-state index contributed by atoms with van der Waals surface area (Å²) in [5.41, 5.74) is 1.07. The summed E-state index contributed by atoms with van der Waals surface area (Å²) in [4.78, 5) is 15.1. The van der Waals surface area contributed by atoms with Crippen molar-refractivity contribution in [3.8, 4) is 5.82 Å². The molecule has 18 heavy (non-hydrogen) atoms. The van der Waals surface area contributed by atoms with Gasteiger partial charge in [-0.2, -0.15) is 5.10 Å². The first-order valence-corrected chi connectivity index (χ1v) is 5.11. The molecule has 8 nitrogen and oxygen atoms in total. The number of nitrogens with zero attached hydrogens (tertiary/aromatic N) is 6. The average Bonchev–Trinajstić information content (AvgIpc) is 2.94. The predicted molar refractivity (Wildman–Crippen MR) is 59.6 cm³/mol. The number of aromatic nitrogens is 6. The molecule has 90 valence electrons. The summed E-state index contributed by atoms with van der Waals surface area (Å²) < 4.78 is 3.07. The molecular weight excluding hydrogens is 236 g/mol. The van der Waals surface area contributed by atoms with Gasteiger partial charge in [0.25, 0.3) is 0 Å². The van der Waals surface area contributed by atoms with Crippen molar-refractivity contribution in [2.75, 3.05) is 0 Å². The molecule has 0 fully saturated rings. The smallest absolute Gasteiger partial charge is 0.339 e. The third kappa shape index (κ3) is 1.43. The van der Waals surface area contributed by atoms with Crippen LogP contribution in [0.1, 0.15) is 16.1 Å². The number of fused-ring (bicyclic) bond motifs is 1. The number of hydrogen-bond acceptors (Lipinski definition) is 5. The number of carboxylic acids is 1. The Bertz CT molecular complexity index is 744. The highest BCUT2D eigenvalue weighted by molar-refractivity contribution is 5.88. The molecule has 3 rings (SSSR count). The first kappa shape index (κ1) is 10.4. The average molecular weight is 244 g/mol. The van der Waals surface area contributed by atoms with Gasteiger partial charge >= 0.3 is 5.97 Å². The molecule has 0 unspecified atom stereocenters. The SMILES string of the molecule is Cc1nn(-c2nccn3cnnc23)cc1C(=O)O. The number of aromatic carboxylic acids is 1. The number of hydrogen-bond donors (Lipinski definition) is 1. The first-order chi connectivity index (χ1) is 8.66. The molecule has 1 N–H and O–H groups in total. The molecule has 3 heterocycles. The van der Waals surface area contributed by atoms with E-state index in [9.17, 15) is 4.79 Å². The second kappa shape index (κ2) is 3.62. The lowest BCUT2D eigenvalue weighted by Crippen LogP contribution is -2.02. The van der Waals surface area contributed by atoms with Crippen LogP contribution in [0, 0.1) is 6.92 Å². The van der Waals surface area contributed by atoms with Gasteiger partial charge in [-0.3, -0.25) is 4.40 Å². The minimum atomic E-state index is -1.02. The molecule has 0 aliphatic carbocycles. The normalized spacial score (nSPS) is 10.9. The fourth-order valence-electron chi connectivity index (χ4n) is 1.69. The van der Waals surface area contributed by atoms with E-state index in [-0.39, 0.29) is 5.56 Å². The lowest BCUT2D eigenvalue weighted by molar-refractivity contribution is 0.0696. The first-order valence-electron chi connectivity index (χ1n) is 5.11. The standard InChI is InChI=1S/C10H8N6O2/c1-6-7(10(17)18)4-16(14-6)8-9-13-12-5-15(9)3-2-11-8/h2-5H,1H3,(H,17,18). The minimum absolute atomic E-state index is 0.137. The van der Waals surface area contributed by atoms with Crippen molar-refractivity contribution in [2.24, 2.45) is 0 Å². The minimum Gasteiger partial charge on any atom is -0.478 e. The monoisotopic (exact) mass is 244 g/mol. The van der Waals surface area contributed by atoms with Gasteiger partial charge in [0.05, 0.1) is 5.69 Å². The van der Waals surface area contributed by atoms with Gasteiger partial charge in [-0.15, -0.1) is 10.2 Å². The van der Waals surface area contributed by atoms with E-state index in [0.29, 0.717) is 17.2 Å². The highest BCUT2D eigenvalue weighted by Gasteiger charge is 2.15. The number of aryl methyl sites for hydroxylation is 1. The summed E-state index contributed by atoms with van der Waals surface area (Å²) in [5, 5.41) is 20.8. The molecule has 0 saturated carbocycles. The third-order valence-corrected chi connectivity index (χ3v) is 2.54. The summed E-state index contributed by atoms with van der Waals surface area (Å²) in [5.74, 6) is -0.585. The van der Waals surface area contributed by atoms with Crippen molar-refractivity contribution in [3.63, 3.8) is 0 Å². The van der Waals surface area contributed by atoms with E-state index in [2.05, 4.69) is 20.3 Å². The molecule has 0 radical (unpaired) electrons. The highest BCUT2D eigenvalue weighted by Crippen LogP contribution is 2.13. The van der Waals surface area contributed by atoms with E-state index < -0.39 is 5.97 Å². The van der Waals surface area contributed by atoms with E-state index in [4.69, 9.17) is 5.11 Å². The fourth-order valence-corrected chi connectivity index (χ4v) is 1.69. The Morgan fingerprint density at radius 3 is 3.00 bits per heavy atom. The third-order valence-electron chi connectivity index (χ3n) is 2.54. The Morgan fingerprint density at radius 1 is 1.44 bits per heavy atom. The van der Waals surface area contributed by atoms with Crippen LogP contribution in [0.2, 0.25) is 0 Å². The Labute approximate surface area is 101 Å². The summed E-state index contributed by atoms with van der Waals surface area (Å²) >= 11 is 0. The lowest BCUT2D eigenvalue weighted by Gasteiger charge is -2.00. The summed E-state index contributed by atoms with van der Waals surface area (Å²) in [6, 6.07) is 0. The highest BCUT2D eigenvalue weighted by atomic mass is 16.4. The Hall–Kier alpha value is -2.77. The molecule has 0 atom stereocenters. The van der Waals surface area contributed by atoms with Crippen LogP contribution >= 0.6 is 0 Å². The molecule has 0 amide bonds. The van der Waals surface area contributed by atoms with Crippen LogP contribution in [-0.4, -0.2) is 40.4 Å². The molecule has 0 aliphatic heterocycles. The van der Waals surface area contributed by atoms with Crippen molar-refractivity contribution in [1.29, 1.82) is 0 Å². The molecular formula is C10H8N6O2. The van der Waals surface area contributed by atoms with Crippen molar-refractivity contribution in [3.05, 3.63) is 36.2 Å². The molecule has 8 heteroatoms. The molecule has 0 spiro atoms. The molecule has 0 saturated heterocycles. The van der Waals surface area contributed by atoms with E-state index in [1.54, 1.807) is 23.7 Å². The van der Waals surface area contributed by atoms with Gasteiger partial charge in [0.15, 0.2) is 5.82 Å². The molecule has 3 aromatic heterocycles. The molecule has 0 aromatic carbocycles. The van der Waals surface area contributed by atoms with Crippen LogP contribution in [0.3, 0.4) is 0 Å². The van der Waals surface area contributed by atoms with Crippen LogP contribution in [0.15, 0.2) is 24.9 Å². The van der Waals surface area contributed by atoms with E-state index in [1.807, 2.05) is 0 Å². The predicted octanol–water partition coefficient (Wildman–Crippen LogP) is 0.317. The maximum Gasteiger partial charge on any atom is 0.339 e. The topological polar surface area (TPSA) is 98.2 Å². The maximum absolute atomic E-state index is 11.0. The van der Waals surface area contributed by atoms with Crippen molar-refractivity contribution < 1.29 is 9.90 Å². The zero-order valence-corrected chi connectivity index (χ0v) is 9.35. The van der Waals surface area contributed by atoms with Crippen molar-refractivity contribution in [2.45, 2.75) is 6.92 Å². The zero-order valence-electron chi connectivity index (χ0n) is 9.35. The van der Waals surface area contributed by atoms with E-state index >= 15 is 0 Å². The van der Waals surface area contributed by atoms with E-state index in [0.717, 1.165) is 0 Å². The Kier molecular flexibility index (Phi) is 2.09.